The van der Waals surface area contributed by atoms with Crippen LogP contribution in [0.4, 0.5) is 5.82 Å². The number of anilines is 1. The van der Waals surface area contributed by atoms with Gasteiger partial charge in [0.1, 0.15) is 24.1 Å². The fraction of sp³-hybridized carbons (Fsp3) is 0.250. The highest BCUT2D eigenvalue weighted by molar-refractivity contribution is 6.30. The lowest BCUT2D eigenvalue weighted by Crippen LogP contribution is -2.50. The lowest BCUT2D eigenvalue weighted by Gasteiger charge is -2.32. The quantitative estimate of drug-likeness (QED) is 0.150. The molecule has 47 heavy (non-hydrogen) atoms. The van der Waals surface area contributed by atoms with E-state index in [0.29, 0.717) is 34.9 Å². The minimum absolute atomic E-state index is 0.0762. The maximum Gasteiger partial charge on any atom is 0.325 e. The summed E-state index contributed by atoms with van der Waals surface area (Å²) in [5, 5.41) is 6.68. The third kappa shape index (κ3) is 8.33. The van der Waals surface area contributed by atoms with Crippen LogP contribution in [0.15, 0.2) is 97.5 Å². The standard InChI is InChI=1S/C36H37ClN6O4/c1-24(2)18-30(35(45)40-22-32(44)47-3)43(23-26-10-7-11-29(37)19-26)36(46)28-14-12-27(13-15-28)33-34(39-20-25-8-5-4-6-9-25)42-17-16-38-21-31(42)41-33/h4-17,19,21,24,30,39H,18,20,22-23H2,1-3H3,(H,40,45). The van der Waals surface area contributed by atoms with E-state index in [1.807, 2.05) is 60.8 Å². The van der Waals surface area contributed by atoms with Gasteiger partial charge in [-0.3, -0.25) is 23.8 Å². The normalized spacial score (nSPS) is 11.7. The number of carbonyl (C=O) groups excluding carboxylic acids is 3. The number of benzene rings is 3. The largest absolute Gasteiger partial charge is 0.468 e. The molecule has 5 aromatic rings. The van der Waals surface area contributed by atoms with Crippen LogP contribution in [0.1, 0.15) is 41.8 Å². The van der Waals surface area contributed by atoms with Gasteiger partial charge >= 0.3 is 5.97 Å². The molecule has 0 radical (unpaired) electrons. The van der Waals surface area contributed by atoms with Crippen molar-refractivity contribution in [3.63, 3.8) is 0 Å². The molecule has 0 saturated carbocycles. The van der Waals surface area contributed by atoms with Gasteiger partial charge in [0.25, 0.3) is 5.91 Å². The number of fused-ring (bicyclic) bond motifs is 1. The van der Waals surface area contributed by atoms with Crippen molar-refractivity contribution >= 4 is 40.8 Å². The van der Waals surface area contributed by atoms with Gasteiger partial charge < -0.3 is 20.3 Å². The molecule has 5 rings (SSSR count). The first-order valence-electron chi connectivity index (χ1n) is 15.3. The number of carbonyl (C=O) groups is 3. The van der Waals surface area contributed by atoms with Gasteiger partial charge in [-0.15, -0.1) is 0 Å². The summed E-state index contributed by atoms with van der Waals surface area (Å²) in [5.74, 6) is -0.481. The summed E-state index contributed by atoms with van der Waals surface area (Å²) in [6.07, 6.45) is 5.63. The van der Waals surface area contributed by atoms with Crippen LogP contribution >= 0.6 is 11.6 Å². The van der Waals surface area contributed by atoms with Crippen molar-refractivity contribution in [1.82, 2.24) is 24.6 Å². The molecular weight excluding hydrogens is 616 g/mol. The summed E-state index contributed by atoms with van der Waals surface area (Å²) in [6, 6.07) is 23.6. The summed E-state index contributed by atoms with van der Waals surface area (Å²) in [6.45, 7) is 4.38. The van der Waals surface area contributed by atoms with Crippen LogP contribution in [0.3, 0.4) is 0 Å². The molecule has 2 aromatic heterocycles. The highest BCUT2D eigenvalue weighted by atomic mass is 35.5. The van der Waals surface area contributed by atoms with Crippen molar-refractivity contribution < 1.29 is 19.1 Å². The molecule has 0 spiro atoms. The van der Waals surface area contributed by atoms with E-state index in [0.717, 1.165) is 22.5 Å². The van der Waals surface area contributed by atoms with E-state index in [9.17, 15) is 14.4 Å². The van der Waals surface area contributed by atoms with Crippen LogP contribution in [0.25, 0.3) is 16.9 Å². The molecule has 10 nitrogen and oxygen atoms in total. The predicted octanol–water partition coefficient (Wildman–Crippen LogP) is 6.01. The Hall–Kier alpha value is -5.22. The van der Waals surface area contributed by atoms with Gasteiger partial charge in [-0.1, -0.05) is 80.0 Å². The van der Waals surface area contributed by atoms with Crippen molar-refractivity contribution in [3.8, 4) is 11.3 Å². The lowest BCUT2D eigenvalue weighted by atomic mass is 9.99. The van der Waals surface area contributed by atoms with E-state index in [1.54, 1.807) is 42.7 Å². The van der Waals surface area contributed by atoms with E-state index < -0.39 is 17.9 Å². The van der Waals surface area contributed by atoms with Crippen LogP contribution in [0.2, 0.25) is 5.02 Å². The molecular formula is C36H37ClN6O4. The number of hydrogen-bond donors (Lipinski definition) is 2. The number of nitrogens with zero attached hydrogens (tertiary/aromatic N) is 4. The second-order valence-electron chi connectivity index (χ2n) is 11.5. The van der Waals surface area contributed by atoms with Gasteiger partial charge in [0.2, 0.25) is 5.91 Å². The summed E-state index contributed by atoms with van der Waals surface area (Å²) < 4.78 is 6.64. The first kappa shape index (κ1) is 33.2. The molecule has 0 aliphatic rings. The Bertz CT molecular complexity index is 1840. The molecule has 2 N–H and O–H groups in total. The number of nitrogens with one attached hydrogen (secondary N) is 2. The average molecular weight is 653 g/mol. The first-order valence-corrected chi connectivity index (χ1v) is 15.7. The highest BCUT2D eigenvalue weighted by Crippen LogP contribution is 2.30. The average Bonchev–Trinajstić information content (AvgIpc) is 3.46. The van der Waals surface area contributed by atoms with E-state index in [2.05, 4.69) is 27.8 Å². The molecule has 2 heterocycles. The van der Waals surface area contributed by atoms with Gasteiger partial charge in [-0.2, -0.15) is 0 Å². The van der Waals surface area contributed by atoms with Crippen molar-refractivity contribution in [1.29, 1.82) is 0 Å². The second kappa shape index (κ2) is 15.4. The summed E-state index contributed by atoms with van der Waals surface area (Å²) in [4.78, 5) is 50.2. The third-order valence-electron chi connectivity index (χ3n) is 7.65. The van der Waals surface area contributed by atoms with Crippen molar-refractivity contribution in [3.05, 3.63) is 119 Å². The number of aromatic nitrogens is 3. The van der Waals surface area contributed by atoms with Crippen LogP contribution in [-0.4, -0.2) is 56.7 Å². The molecule has 242 valence electrons. The number of halogens is 1. The predicted molar refractivity (Wildman–Crippen MR) is 182 cm³/mol. The summed E-state index contributed by atoms with van der Waals surface area (Å²) >= 11 is 6.28. The topological polar surface area (TPSA) is 118 Å². The van der Waals surface area contributed by atoms with Gasteiger partial charge in [0, 0.05) is 41.6 Å². The number of ether oxygens (including phenoxy) is 1. The van der Waals surface area contributed by atoms with Crippen LogP contribution in [0.5, 0.6) is 0 Å². The molecule has 1 atom stereocenters. The Labute approximate surface area is 278 Å². The van der Waals surface area contributed by atoms with Gasteiger partial charge in [0.05, 0.1) is 13.3 Å². The van der Waals surface area contributed by atoms with Crippen LogP contribution < -0.4 is 10.6 Å². The van der Waals surface area contributed by atoms with Crippen LogP contribution in [-0.2, 0) is 27.4 Å². The van der Waals surface area contributed by atoms with Gasteiger partial charge in [-0.05, 0) is 47.7 Å². The molecule has 0 saturated heterocycles. The molecule has 0 bridgehead atoms. The zero-order chi connectivity index (χ0) is 33.3. The van der Waals surface area contributed by atoms with Crippen molar-refractivity contribution in [2.75, 3.05) is 19.0 Å². The first-order chi connectivity index (χ1) is 22.7. The van der Waals surface area contributed by atoms with E-state index in [-0.39, 0.29) is 24.9 Å². The third-order valence-corrected chi connectivity index (χ3v) is 7.88. The second-order valence-corrected chi connectivity index (χ2v) is 12.0. The number of methoxy groups -OCH3 is 1. The molecule has 0 aliphatic carbocycles. The number of hydrogen-bond acceptors (Lipinski definition) is 7. The van der Waals surface area contributed by atoms with E-state index in [4.69, 9.17) is 21.3 Å². The Morgan fingerprint density at radius 2 is 1.72 bits per heavy atom. The molecule has 2 amide bonds. The fourth-order valence-electron chi connectivity index (χ4n) is 5.32. The number of amides is 2. The highest BCUT2D eigenvalue weighted by Gasteiger charge is 2.32. The fourth-order valence-corrected chi connectivity index (χ4v) is 5.54. The van der Waals surface area contributed by atoms with Crippen molar-refractivity contribution in [2.24, 2.45) is 5.92 Å². The monoisotopic (exact) mass is 652 g/mol. The molecule has 0 aliphatic heterocycles. The minimum Gasteiger partial charge on any atom is -0.468 e. The number of rotatable bonds is 13. The Balaban J connectivity index is 1.47. The molecule has 1 unspecified atom stereocenters. The van der Waals surface area contributed by atoms with Gasteiger partial charge in [0.15, 0.2) is 5.65 Å². The van der Waals surface area contributed by atoms with Crippen molar-refractivity contribution in [2.45, 2.75) is 39.4 Å². The van der Waals surface area contributed by atoms with Crippen LogP contribution in [0, 0.1) is 5.92 Å². The Morgan fingerprint density at radius 3 is 2.43 bits per heavy atom. The number of esters is 1. The Morgan fingerprint density at radius 1 is 0.979 bits per heavy atom. The lowest BCUT2D eigenvalue weighted by molar-refractivity contribution is -0.141. The summed E-state index contributed by atoms with van der Waals surface area (Å²) in [7, 11) is 1.25. The van der Waals surface area contributed by atoms with E-state index >= 15 is 0 Å². The zero-order valence-electron chi connectivity index (χ0n) is 26.5. The SMILES string of the molecule is COC(=O)CNC(=O)C(CC(C)C)N(Cc1cccc(Cl)c1)C(=O)c1ccc(-c2nc3cnccn3c2NCc2ccccc2)cc1. The zero-order valence-corrected chi connectivity index (χ0v) is 27.3. The maximum absolute atomic E-state index is 14.3. The molecule has 3 aromatic carbocycles. The van der Waals surface area contributed by atoms with E-state index in [1.165, 1.54) is 12.0 Å². The summed E-state index contributed by atoms with van der Waals surface area (Å²) in [5.41, 5.74) is 4.48. The minimum atomic E-state index is -0.856. The maximum atomic E-state index is 14.3. The smallest absolute Gasteiger partial charge is 0.325 e. The Kier molecular flexibility index (Phi) is 10.8. The molecule has 11 heteroatoms. The van der Waals surface area contributed by atoms with Gasteiger partial charge in [-0.25, -0.2) is 4.98 Å². The number of imidazole rings is 1. The molecule has 0 fully saturated rings.